The molecule has 1 aromatic rings. The number of urea groups is 1. The number of anilines is 1. The molecule has 0 aromatic heterocycles. The van der Waals surface area contributed by atoms with Crippen LogP contribution in [0, 0.1) is 0 Å². The van der Waals surface area contributed by atoms with Gasteiger partial charge in [-0.1, -0.05) is 12.1 Å². The Morgan fingerprint density at radius 2 is 2.29 bits per heavy atom. The summed E-state index contributed by atoms with van der Waals surface area (Å²) >= 11 is 0. The number of ether oxygens (including phenoxy) is 1. The number of nitrogens with one attached hydrogen (secondary N) is 2. The molecule has 1 heterocycles. The molecule has 0 aliphatic carbocycles. The number of aliphatic hydroxyl groups excluding tert-OH is 1. The SMILES string of the molecule is COCCNC(=O)NCC(O)c1ccc2c(c1)CCN2C. The largest absolute Gasteiger partial charge is 0.387 e. The highest BCUT2D eigenvalue weighted by molar-refractivity contribution is 5.73. The van der Waals surface area contributed by atoms with Gasteiger partial charge in [0.05, 0.1) is 12.7 Å². The number of methoxy groups -OCH3 is 1. The van der Waals surface area contributed by atoms with Crippen LogP contribution in [0.3, 0.4) is 0 Å². The van der Waals surface area contributed by atoms with Crippen LogP contribution in [0.4, 0.5) is 10.5 Å². The number of aliphatic hydroxyl groups is 1. The number of amides is 2. The van der Waals surface area contributed by atoms with Gasteiger partial charge in [-0.25, -0.2) is 4.79 Å². The van der Waals surface area contributed by atoms with Gasteiger partial charge >= 0.3 is 6.03 Å². The second kappa shape index (κ2) is 7.28. The molecule has 3 N–H and O–H groups in total. The zero-order valence-electron chi connectivity index (χ0n) is 12.6. The van der Waals surface area contributed by atoms with Crippen LogP contribution in [0.1, 0.15) is 17.2 Å². The first-order valence-electron chi connectivity index (χ1n) is 7.14. The van der Waals surface area contributed by atoms with Crippen LogP contribution in [-0.4, -0.2) is 51.5 Å². The lowest BCUT2D eigenvalue weighted by Crippen LogP contribution is -2.39. The minimum absolute atomic E-state index is 0.188. The molecule has 1 aromatic carbocycles. The summed E-state index contributed by atoms with van der Waals surface area (Å²) in [6.45, 7) is 2.11. The Morgan fingerprint density at radius 3 is 3.05 bits per heavy atom. The van der Waals surface area contributed by atoms with E-state index in [-0.39, 0.29) is 12.6 Å². The second-order valence-corrected chi connectivity index (χ2v) is 5.21. The summed E-state index contributed by atoms with van der Waals surface area (Å²) in [5, 5.41) is 15.5. The van der Waals surface area contributed by atoms with E-state index in [0.29, 0.717) is 13.2 Å². The van der Waals surface area contributed by atoms with Crippen molar-refractivity contribution < 1.29 is 14.6 Å². The lowest BCUT2D eigenvalue weighted by Gasteiger charge is -2.15. The molecular formula is C15H23N3O3. The maximum absolute atomic E-state index is 11.5. The van der Waals surface area contributed by atoms with Gasteiger partial charge in [-0.05, 0) is 23.6 Å². The number of rotatable bonds is 6. The number of carbonyl (C=O) groups excluding carboxylic acids is 1. The molecule has 21 heavy (non-hydrogen) atoms. The molecular weight excluding hydrogens is 270 g/mol. The van der Waals surface area contributed by atoms with Crippen LogP contribution >= 0.6 is 0 Å². The molecule has 0 radical (unpaired) electrons. The zero-order valence-corrected chi connectivity index (χ0v) is 12.6. The topological polar surface area (TPSA) is 73.8 Å². The van der Waals surface area contributed by atoms with E-state index in [1.807, 2.05) is 18.2 Å². The normalized spacial score (nSPS) is 14.7. The Hall–Kier alpha value is -1.79. The maximum atomic E-state index is 11.5. The van der Waals surface area contributed by atoms with E-state index in [0.717, 1.165) is 18.5 Å². The van der Waals surface area contributed by atoms with Gasteiger partial charge in [0.25, 0.3) is 0 Å². The zero-order chi connectivity index (χ0) is 15.2. The molecule has 6 nitrogen and oxygen atoms in total. The second-order valence-electron chi connectivity index (χ2n) is 5.21. The Balaban J connectivity index is 1.84. The van der Waals surface area contributed by atoms with Crippen molar-refractivity contribution >= 4 is 11.7 Å². The summed E-state index contributed by atoms with van der Waals surface area (Å²) in [5.74, 6) is 0. The molecule has 1 aliphatic rings. The summed E-state index contributed by atoms with van der Waals surface area (Å²) in [7, 11) is 3.64. The molecule has 0 bridgehead atoms. The average molecular weight is 293 g/mol. The summed E-state index contributed by atoms with van der Waals surface area (Å²) in [6.07, 6.45) is 0.298. The fraction of sp³-hybridized carbons (Fsp3) is 0.533. The number of likely N-dealkylation sites (N-methyl/N-ethyl adjacent to an activating group) is 1. The van der Waals surface area contributed by atoms with Gasteiger partial charge in [0.2, 0.25) is 0 Å². The minimum Gasteiger partial charge on any atom is -0.387 e. The van der Waals surface area contributed by atoms with E-state index in [4.69, 9.17) is 4.74 Å². The molecule has 6 heteroatoms. The first kappa shape index (κ1) is 15.6. The van der Waals surface area contributed by atoms with E-state index in [1.54, 1.807) is 7.11 Å². The van der Waals surface area contributed by atoms with Gasteiger partial charge in [-0.2, -0.15) is 0 Å². The van der Waals surface area contributed by atoms with E-state index in [1.165, 1.54) is 11.3 Å². The molecule has 0 fully saturated rings. The first-order chi connectivity index (χ1) is 10.1. The standard InChI is InChI=1S/C15H23N3O3/c1-18-7-5-11-9-12(3-4-13(11)18)14(19)10-17-15(20)16-6-8-21-2/h3-4,9,14,19H,5-8,10H2,1-2H3,(H2,16,17,20). The number of benzene rings is 1. The quantitative estimate of drug-likeness (QED) is 0.674. The predicted octanol–water partition coefficient (Wildman–Crippen LogP) is 0.658. The van der Waals surface area contributed by atoms with Crippen LogP contribution in [0.5, 0.6) is 0 Å². The molecule has 116 valence electrons. The van der Waals surface area contributed by atoms with Crippen molar-refractivity contribution in [3.8, 4) is 0 Å². The lowest BCUT2D eigenvalue weighted by atomic mass is 10.0. The van der Waals surface area contributed by atoms with Crippen molar-refractivity contribution in [1.82, 2.24) is 10.6 Å². The fourth-order valence-corrected chi connectivity index (χ4v) is 2.43. The molecule has 1 atom stereocenters. The van der Waals surface area contributed by atoms with Crippen molar-refractivity contribution in [3.63, 3.8) is 0 Å². The highest BCUT2D eigenvalue weighted by atomic mass is 16.5. The molecule has 1 unspecified atom stereocenters. The highest BCUT2D eigenvalue weighted by Gasteiger charge is 2.18. The van der Waals surface area contributed by atoms with E-state index < -0.39 is 6.10 Å². The van der Waals surface area contributed by atoms with Crippen LogP contribution in [0.15, 0.2) is 18.2 Å². The lowest BCUT2D eigenvalue weighted by molar-refractivity contribution is 0.170. The number of hydrogen-bond donors (Lipinski definition) is 3. The van der Waals surface area contributed by atoms with Gasteiger partial charge in [0, 0.05) is 39.5 Å². The molecule has 0 spiro atoms. The van der Waals surface area contributed by atoms with Crippen molar-refractivity contribution in [2.24, 2.45) is 0 Å². The van der Waals surface area contributed by atoms with Gasteiger partial charge in [-0.15, -0.1) is 0 Å². The van der Waals surface area contributed by atoms with E-state index in [2.05, 4.69) is 22.6 Å². The summed E-state index contributed by atoms with van der Waals surface area (Å²) in [4.78, 5) is 13.7. The van der Waals surface area contributed by atoms with Gasteiger partial charge < -0.3 is 25.4 Å². The molecule has 2 amide bonds. The number of hydrogen-bond acceptors (Lipinski definition) is 4. The van der Waals surface area contributed by atoms with Crippen molar-refractivity contribution in [2.45, 2.75) is 12.5 Å². The van der Waals surface area contributed by atoms with Gasteiger partial charge in [0.15, 0.2) is 0 Å². The Morgan fingerprint density at radius 1 is 1.48 bits per heavy atom. The van der Waals surface area contributed by atoms with Crippen LogP contribution in [0.2, 0.25) is 0 Å². The Kier molecular flexibility index (Phi) is 5.41. The molecule has 2 rings (SSSR count). The summed E-state index contributed by atoms with van der Waals surface area (Å²) < 4.78 is 4.84. The predicted molar refractivity (Wildman–Crippen MR) is 81.7 cm³/mol. The van der Waals surface area contributed by atoms with Crippen LogP contribution < -0.4 is 15.5 Å². The molecule has 0 saturated carbocycles. The van der Waals surface area contributed by atoms with E-state index >= 15 is 0 Å². The van der Waals surface area contributed by atoms with Crippen molar-refractivity contribution in [3.05, 3.63) is 29.3 Å². The summed E-state index contributed by atoms with van der Waals surface area (Å²) in [5.41, 5.74) is 3.30. The van der Waals surface area contributed by atoms with Crippen molar-refractivity contribution in [1.29, 1.82) is 0 Å². The summed E-state index contributed by atoms with van der Waals surface area (Å²) in [6, 6.07) is 5.66. The van der Waals surface area contributed by atoms with Crippen LogP contribution in [0.25, 0.3) is 0 Å². The van der Waals surface area contributed by atoms with Crippen molar-refractivity contribution in [2.75, 3.05) is 45.3 Å². The minimum atomic E-state index is -0.700. The third kappa shape index (κ3) is 4.09. The average Bonchev–Trinajstić information content (AvgIpc) is 2.86. The Labute approximate surface area is 125 Å². The maximum Gasteiger partial charge on any atom is 0.314 e. The first-order valence-corrected chi connectivity index (χ1v) is 7.14. The number of nitrogens with zero attached hydrogens (tertiary/aromatic N) is 1. The number of carbonyl (C=O) groups is 1. The monoisotopic (exact) mass is 293 g/mol. The third-order valence-electron chi connectivity index (χ3n) is 3.66. The Bertz CT molecular complexity index is 493. The van der Waals surface area contributed by atoms with E-state index in [9.17, 15) is 9.90 Å². The highest BCUT2D eigenvalue weighted by Crippen LogP contribution is 2.29. The third-order valence-corrected chi connectivity index (χ3v) is 3.66. The van der Waals surface area contributed by atoms with Gasteiger partial charge in [-0.3, -0.25) is 0 Å². The molecule has 1 aliphatic heterocycles. The number of fused-ring (bicyclic) bond motifs is 1. The smallest absolute Gasteiger partial charge is 0.314 e. The fourth-order valence-electron chi connectivity index (χ4n) is 2.43. The van der Waals surface area contributed by atoms with Gasteiger partial charge in [0.1, 0.15) is 0 Å². The molecule has 0 saturated heterocycles. The van der Waals surface area contributed by atoms with Crippen LogP contribution in [-0.2, 0) is 11.2 Å².